The first-order chi connectivity index (χ1) is 12.2. The van der Waals surface area contributed by atoms with Crippen LogP contribution in [0.1, 0.15) is 18.5 Å². The molecule has 1 amide bonds. The van der Waals surface area contributed by atoms with Crippen LogP contribution in [-0.4, -0.2) is 40.7 Å². The minimum absolute atomic E-state index is 0.0769. The van der Waals surface area contributed by atoms with E-state index < -0.39 is 0 Å². The highest BCUT2D eigenvalue weighted by Gasteiger charge is 2.21. The Bertz CT molecular complexity index is 690. The number of halogens is 1. The molecule has 1 aromatic heterocycles. The number of pyridine rings is 1. The zero-order chi connectivity index (χ0) is 17.5. The van der Waals surface area contributed by atoms with Crippen LogP contribution in [0.4, 0.5) is 0 Å². The van der Waals surface area contributed by atoms with Gasteiger partial charge in [0, 0.05) is 36.8 Å². The zero-order valence-corrected chi connectivity index (χ0v) is 15.6. The molecule has 0 aliphatic carbocycles. The molecule has 4 nitrogen and oxygen atoms in total. The zero-order valence-electron chi connectivity index (χ0n) is 14.0. The maximum absolute atomic E-state index is 12.2. The molecule has 0 spiro atoms. The highest BCUT2D eigenvalue weighted by Crippen LogP contribution is 2.26. The number of benzene rings is 1. The summed E-state index contributed by atoms with van der Waals surface area (Å²) in [5.74, 6) is 0.478. The average molecular weight is 376 g/mol. The van der Waals surface area contributed by atoms with Crippen LogP contribution < -0.4 is 5.32 Å². The van der Waals surface area contributed by atoms with E-state index in [1.165, 1.54) is 11.8 Å². The van der Waals surface area contributed by atoms with Crippen molar-refractivity contribution < 1.29 is 4.79 Å². The molecule has 1 aromatic carbocycles. The van der Waals surface area contributed by atoms with Crippen molar-refractivity contribution in [3.8, 4) is 0 Å². The third-order valence-electron chi connectivity index (χ3n) is 4.26. The summed E-state index contributed by atoms with van der Waals surface area (Å²) >= 11 is 7.60. The van der Waals surface area contributed by atoms with E-state index in [-0.39, 0.29) is 11.9 Å². The van der Waals surface area contributed by atoms with Crippen molar-refractivity contribution >= 4 is 29.3 Å². The average Bonchev–Trinajstić information content (AvgIpc) is 2.64. The lowest BCUT2D eigenvalue weighted by atomic mass is 10.0. The largest absolute Gasteiger partial charge is 0.353 e. The van der Waals surface area contributed by atoms with Crippen LogP contribution in [0.15, 0.2) is 53.6 Å². The van der Waals surface area contributed by atoms with Gasteiger partial charge in [-0.25, -0.2) is 0 Å². The van der Waals surface area contributed by atoms with Gasteiger partial charge in [-0.2, -0.15) is 0 Å². The second-order valence-electron chi connectivity index (χ2n) is 6.16. The van der Waals surface area contributed by atoms with Gasteiger partial charge in [-0.1, -0.05) is 29.8 Å². The second kappa shape index (κ2) is 9.22. The molecule has 0 atom stereocenters. The number of hydrogen-bond donors (Lipinski definition) is 1. The Morgan fingerprint density at radius 3 is 2.68 bits per heavy atom. The van der Waals surface area contributed by atoms with E-state index in [9.17, 15) is 4.79 Å². The monoisotopic (exact) mass is 375 g/mol. The Hall–Kier alpha value is -1.56. The quantitative estimate of drug-likeness (QED) is 0.783. The van der Waals surface area contributed by atoms with Crippen molar-refractivity contribution in [2.45, 2.75) is 30.3 Å². The Morgan fingerprint density at radius 1 is 1.20 bits per heavy atom. The van der Waals surface area contributed by atoms with E-state index >= 15 is 0 Å². The molecular formula is C19H22ClN3OS. The summed E-state index contributed by atoms with van der Waals surface area (Å²) in [6, 6.07) is 13.9. The molecule has 132 valence electrons. The van der Waals surface area contributed by atoms with Gasteiger partial charge in [0.05, 0.1) is 16.5 Å². The van der Waals surface area contributed by atoms with Gasteiger partial charge in [0.25, 0.3) is 0 Å². The van der Waals surface area contributed by atoms with E-state index in [2.05, 4.69) is 21.3 Å². The summed E-state index contributed by atoms with van der Waals surface area (Å²) in [4.78, 5) is 19.9. The summed E-state index contributed by atoms with van der Waals surface area (Å²) in [6.07, 6.45) is 3.80. The highest BCUT2D eigenvalue weighted by atomic mass is 35.5. The first-order valence-corrected chi connectivity index (χ1v) is 9.86. The van der Waals surface area contributed by atoms with Crippen LogP contribution >= 0.6 is 23.4 Å². The predicted molar refractivity (Wildman–Crippen MR) is 103 cm³/mol. The SMILES string of the molecule is O=C(CSc1ccccc1Cl)NC1CCN(Cc2ccccn2)CC1. The molecule has 1 saturated heterocycles. The second-order valence-corrected chi connectivity index (χ2v) is 7.58. The molecule has 1 aliphatic heterocycles. The van der Waals surface area contributed by atoms with Gasteiger partial charge in [0.2, 0.25) is 5.91 Å². The van der Waals surface area contributed by atoms with E-state index in [4.69, 9.17) is 11.6 Å². The number of aromatic nitrogens is 1. The normalized spacial score (nSPS) is 15.9. The molecule has 2 aromatic rings. The Balaban J connectivity index is 1.38. The highest BCUT2D eigenvalue weighted by molar-refractivity contribution is 8.00. The van der Waals surface area contributed by atoms with Crippen LogP contribution in [0.25, 0.3) is 0 Å². The standard InChI is InChI=1S/C19H22ClN3OS/c20-17-6-1-2-7-18(17)25-14-19(24)22-15-8-11-23(12-9-15)13-16-5-3-4-10-21-16/h1-7,10,15H,8-9,11-14H2,(H,22,24). The fourth-order valence-electron chi connectivity index (χ4n) is 2.93. The van der Waals surface area contributed by atoms with Crippen LogP contribution in [0, 0.1) is 0 Å². The lowest BCUT2D eigenvalue weighted by Gasteiger charge is -2.32. The van der Waals surface area contributed by atoms with Crippen molar-refractivity contribution in [1.29, 1.82) is 0 Å². The Labute approximate surface area is 158 Å². The number of hydrogen-bond acceptors (Lipinski definition) is 4. The molecule has 25 heavy (non-hydrogen) atoms. The predicted octanol–water partition coefficient (Wildman–Crippen LogP) is 3.61. The van der Waals surface area contributed by atoms with E-state index in [0.717, 1.165) is 43.1 Å². The molecule has 0 radical (unpaired) electrons. The molecule has 1 fully saturated rings. The third kappa shape index (κ3) is 5.73. The number of carbonyl (C=O) groups excluding carboxylic acids is 1. The number of nitrogens with one attached hydrogen (secondary N) is 1. The van der Waals surface area contributed by atoms with Crippen molar-refractivity contribution in [2.75, 3.05) is 18.8 Å². The summed E-state index contributed by atoms with van der Waals surface area (Å²) in [5, 5.41) is 3.85. The van der Waals surface area contributed by atoms with E-state index in [1.807, 2.05) is 42.6 Å². The van der Waals surface area contributed by atoms with Crippen LogP contribution in [-0.2, 0) is 11.3 Å². The summed E-state index contributed by atoms with van der Waals surface area (Å²) in [7, 11) is 0. The maximum Gasteiger partial charge on any atom is 0.230 e. The fraction of sp³-hybridized carbons (Fsp3) is 0.368. The number of rotatable bonds is 6. The molecule has 6 heteroatoms. The van der Waals surface area contributed by atoms with Gasteiger partial charge in [-0.15, -0.1) is 11.8 Å². The summed E-state index contributed by atoms with van der Waals surface area (Å²) in [6.45, 7) is 2.85. The number of piperidine rings is 1. The number of carbonyl (C=O) groups is 1. The molecule has 0 saturated carbocycles. The van der Waals surface area contributed by atoms with Gasteiger partial charge in [0.15, 0.2) is 0 Å². The molecule has 1 N–H and O–H groups in total. The van der Waals surface area contributed by atoms with Gasteiger partial charge < -0.3 is 5.32 Å². The van der Waals surface area contributed by atoms with Crippen molar-refractivity contribution in [1.82, 2.24) is 15.2 Å². The molecule has 0 bridgehead atoms. The molecule has 1 aliphatic rings. The van der Waals surface area contributed by atoms with Gasteiger partial charge in [-0.3, -0.25) is 14.7 Å². The first kappa shape index (κ1) is 18.2. The number of nitrogens with zero attached hydrogens (tertiary/aromatic N) is 2. The molecule has 0 unspecified atom stereocenters. The minimum atomic E-state index is 0.0769. The molecule has 2 heterocycles. The third-order valence-corrected chi connectivity index (χ3v) is 5.78. The summed E-state index contributed by atoms with van der Waals surface area (Å²) in [5.41, 5.74) is 1.10. The van der Waals surface area contributed by atoms with Gasteiger partial charge in [0.1, 0.15) is 0 Å². The van der Waals surface area contributed by atoms with Crippen LogP contribution in [0.5, 0.6) is 0 Å². The number of likely N-dealkylation sites (tertiary alicyclic amines) is 1. The lowest BCUT2D eigenvalue weighted by Crippen LogP contribution is -2.44. The van der Waals surface area contributed by atoms with Gasteiger partial charge in [-0.05, 0) is 37.1 Å². The van der Waals surface area contributed by atoms with Crippen LogP contribution in [0.2, 0.25) is 5.02 Å². The van der Waals surface area contributed by atoms with E-state index in [1.54, 1.807) is 0 Å². The Kier molecular flexibility index (Phi) is 6.73. The van der Waals surface area contributed by atoms with Crippen LogP contribution in [0.3, 0.4) is 0 Å². The molecule has 3 rings (SSSR count). The first-order valence-electron chi connectivity index (χ1n) is 8.49. The maximum atomic E-state index is 12.2. The smallest absolute Gasteiger partial charge is 0.230 e. The number of thioether (sulfide) groups is 1. The number of amides is 1. The van der Waals surface area contributed by atoms with E-state index in [0.29, 0.717) is 10.8 Å². The lowest BCUT2D eigenvalue weighted by molar-refractivity contribution is -0.119. The van der Waals surface area contributed by atoms with Crippen molar-refractivity contribution in [3.05, 3.63) is 59.4 Å². The topological polar surface area (TPSA) is 45.2 Å². The van der Waals surface area contributed by atoms with Crippen molar-refractivity contribution in [3.63, 3.8) is 0 Å². The minimum Gasteiger partial charge on any atom is -0.353 e. The fourth-order valence-corrected chi connectivity index (χ4v) is 3.98. The Morgan fingerprint density at radius 2 is 1.96 bits per heavy atom. The van der Waals surface area contributed by atoms with Gasteiger partial charge >= 0.3 is 0 Å². The van der Waals surface area contributed by atoms with Crippen molar-refractivity contribution in [2.24, 2.45) is 0 Å². The molecular weight excluding hydrogens is 354 g/mol. The summed E-state index contributed by atoms with van der Waals surface area (Å²) < 4.78 is 0.